The van der Waals surface area contributed by atoms with E-state index >= 15 is 0 Å². The van der Waals surface area contributed by atoms with E-state index in [1.807, 2.05) is 38.1 Å². The minimum absolute atomic E-state index is 0.00660. The number of oxime groups is 1. The molecule has 2 heterocycles. The topological polar surface area (TPSA) is 99.8 Å². The Morgan fingerprint density at radius 1 is 1.30 bits per heavy atom. The molecule has 0 saturated carbocycles. The Hall–Kier alpha value is -3.35. The molecule has 0 radical (unpaired) electrons. The average molecular weight is 364 g/mol. The van der Waals surface area contributed by atoms with Gasteiger partial charge in [-0.25, -0.2) is 0 Å². The molecule has 1 aliphatic rings. The van der Waals surface area contributed by atoms with Crippen molar-refractivity contribution in [2.24, 2.45) is 5.16 Å². The molecule has 1 aliphatic carbocycles. The molecule has 4 rings (SSSR count). The van der Waals surface area contributed by atoms with E-state index in [2.05, 4.69) is 20.8 Å². The van der Waals surface area contributed by atoms with Crippen LogP contribution in [0.3, 0.4) is 0 Å². The van der Waals surface area contributed by atoms with Crippen LogP contribution in [0, 0.1) is 0 Å². The van der Waals surface area contributed by atoms with Crippen molar-refractivity contribution >= 4 is 34.0 Å². The number of anilines is 2. The van der Waals surface area contributed by atoms with Gasteiger partial charge >= 0.3 is 0 Å². The lowest BCUT2D eigenvalue weighted by molar-refractivity contribution is 0.0918. The highest BCUT2D eigenvalue weighted by Gasteiger charge is 2.23. The molecule has 0 unspecified atom stereocenters. The average Bonchev–Trinajstić information content (AvgIpc) is 3.22. The van der Waals surface area contributed by atoms with Gasteiger partial charge in [0, 0.05) is 28.9 Å². The molecule has 1 aromatic carbocycles. The molecule has 0 spiro atoms. The molecule has 0 saturated heterocycles. The van der Waals surface area contributed by atoms with Gasteiger partial charge in [-0.05, 0) is 50.5 Å². The second kappa shape index (κ2) is 6.75. The first-order chi connectivity index (χ1) is 13.1. The van der Waals surface area contributed by atoms with Gasteiger partial charge < -0.3 is 20.3 Å². The molecule has 1 amide bonds. The highest BCUT2D eigenvalue weighted by atomic mass is 16.4. The highest BCUT2D eigenvalue weighted by Crippen LogP contribution is 2.34. The van der Waals surface area contributed by atoms with Crippen LogP contribution in [0.4, 0.5) is 11.4 Å². The molecule has 0 bridgehead atoms. The largest absolute Gasteiger partial charge is 0.447 e. The number of hydrogen-bond donors (Lipinski definition) is 3. The summed E-state index contributed by atoms with van der Waals surface area (Å²) in [5.74, 6) is -0.0515. The Morgan fingerprint density at radius 2 is 2.15 bits per heavy atom. The number of pyridine rings is 1. The maximum absolute atomic E-state index is 12.6. The number of fused-ring (bicyclic) bond motifs is 2. The Labute approximate surface area is 156 Å². The van der Waals surface area contributed by atoms with E-state index in [4.69, 9.17) is 9.62 Å². The first-order valence-electron chi connectivity index (χ1n) is 8.85. The standard InChI is InChI=1S/C20H20N4O3/c1-11(2)22-20(25)19-18(15-7-8-21-10-17(15)27-19)23-13-4-5-14-12(9-13)3-6-16(14)24-26/h4-5,7-11,23,26H,3,6H2,1-2H3,(H,22,25)/b24-16+. The number of hydrogen-bond acceptors (Lipinski definition) is 6. The van der Waals surface area contributed by atoms with Gasteiger partial charge in [0.25, 0.3) is 5.91 Å². The lowest BCUT2D eigenvalue weighted by Gasteiger charge is -2.11. The van der Waals surface area contributed by atoms with E-state index in [1.165, 1.54) is 0 Å². The van der Waals surface area contributed by atoms with Crippen molar-refractivity contribution < 1.29 is 14.4 Å². The number of carbonyl (C=O) groups excluding carboxylic acids is 1. The van der Waals surface area contributed by atoms with Crippen LogP contribution >= 0.6 is 0 Å². The summed E-state index contributed by atoms with van der Waals surface area (Å²) in [6, 6.07) is 7.65. The molecule has 0 fully saturated rings. The van der Waals surface area contributed by atoms with Crippen molar-refractivity contribution in [2.75, 3.05) is 5.32 Å². The van der Waals surface area contributed by atoms with Gasteiger partial charge in [-0.2, -0.15) is 0 Å². The number of nitrogens with zero attached hydrogens (tertiary/aromatic N) is 2. The van der Waals surface area contributed by atoms with Gasteiger partial charge in [0.15, 0.2) is 5.58 Å². The van der Waals surface area contributed by atoms with Crippen LogP contribution in [0.5, 0.6) is 0 Å². The number of benzene rings is 1. The van der Waals surface area contributed by atoms with Gasteiger partial charge in [-0.1, -0.05) is 11.2 Å². The van der Waals surface area contributed by atoms with Crippen molar-refractivity contribution in [3.8, 4) is 0 Å². The third kappa shape index (κ3) is 3.12. The second-order valence-electron chi connectivity index (χ2n) is 6.85. The number of nitrogens with one attached hydrogen (secondary N) is 2. The second-order valence-corrected chi connectivity index (χ2v) is 6.85. The van der Waals surface area contributed by atoms with Crippen LogP contribution < -0.4 is 10.6 Å². The van der Waals surface area contributed by atoms with Gasteiger partial charge in [0.05, 0.1) is 17.6 Å². The van der Waals surface area contributed by atoms with E-state index < -0.39 is 0 Å². The van der Waals surface area contributed by atoms with Crippen LogP contribution in [0.15, 0.2) is 46.2 Å². The highest BCUT2D eigenvalue weighted by molar-refractivity contribution is 6.08. The summed E-state index contributed by atoms with van der Waals surface area (Å²) >= 11 is 0. The Kier molecular flexibility index (Phi) is 4.27. The minimum Gasteiger partial charge on any atom is -0.447 e. The fraction of sp³-hybridized carbons (Fsp3) is 0.250. The van der Waals surface area contributed by atoms with Crippen molar-refractivity contribution in [3.63, 3.8) is 0 Å². The van der Waals surface area contributed by atoms with Crippen LogP contribution in [-0.4, -0.2) is 27.9 Å². The lowest BCUT2D eigenvalue weighted by Crippen LogP contribution is -2.30. The van der Waals surface area contributed by atoms with Gasteiger partial charge in [-0.15, -0.1) is 0 Å². The Balaban J connectivity index is 1.74. The van der Waals surface area contributed by atoms with E-state index in [1.54, 1.807) is 12.4 Å². The number of amides is 1. The monoisotopic (exact) mass is 364 g/mol. The van der Waals surface area contributed by atoms with Crippen LogP contribution in [0.1, 0.15) is 41.9 Å². The quantitative estimate of drug-likeness (QED) is 0.482. The van der Waals surface area contributed by atoms with Crippen molar-refractivity contribution in [1.82, 2.24) is 10.3 Å². The van der Waals surface area contributed by atoms with E-state index in [0.29, 0.717) is 17.0 Å². The molecule has 2 aromatic heterocycles. The number of aryl methyl sites for hydroxylation is 1. The Bertz CT molecular complexity index is 1050. The van der Waals surface area contributed by atoms with E-state index in [9.17, 15) is 4.79 Å². The molecule has 3 aromatic rings. The van der Waals surface area contributed by atoms with Crippen LogP contribution in [0.2, 0.25) is 0 Å². The predicted octanol–water partition coefficient (Wildman–Crippen LogP) is 3.83. The summed E-state index contributed by atoms with van der Waals surface area (Å²) in [4.78, 5) is 16.7. The zero-order valence-electron chi connectivity index (χ0n) is 15.1. The number of aromatic nitrogens is 1. The third-order valence-electron chi connectivity index (χ3n) is 4.56. The summed E-state index contributed by atoms with van der Waals surface area (Å²) in [6.45, 7) is 3.80. The molecular formula is C20H20N4O3. The summed E-state index contributed by atoms with van der Waals surface area (Å²) in [5.41, 5.74) is 4.77. The molecule has 0 atom stereocenters. The van der Waals surface area contributed by atoms with Gasteiger partial charge in [0.2, 0.25) is 5.76 Å². The molecular weight excluding hydrogens is 344 g/mol. The summed E-state index contributed by atoms with van der Waals surface area (Å²) in [7, 11) is 0. The molecule has 7 heteroatoms. The van der Waals surface area contributed by atoms with Crippen molar-refractivity contribution in [2.45, 2.75) is 32.7 Å². The van der Waals surface area contributed by atoms with Crippen molar-refractivity contribution in [3.05, 3.63) is 53.5 Å². The van der Waals surface area contributed by atoms with Crippen molar-refractivity contribution in [1.29, 1.82) is 0 Å². The van der Waals surface area contributed by atoms with E-state index in [0.717, 1.165) is 35.0 Å². The summed E-state index contributed by atoms with van der Waals surface area (Å²) < 4.78 is 5.77. The fourth-order valence-electron chi connectivity index (χ4n) is 3.36. The molecule has 3 N–H and O–H groups in total. The third-order valence-corrected chi connectivity index (χ3v) is 4.56. The van der Waals surface area contributed by atoms with Gasteiger partial charge in [0.1, 0.15) is 0 Å². The number of furan rings is 1. The number of rotatable bonds is 4. The zero-order valence-corrected chi connectivity index (χ0v) is 15.1. The van der Waals surface area contributed by atoms with Crippen LogP contribution in [0.25, 0.3) is 11.0 Å². The minimum atomic E-state index is -0.278. The van der Waals surface area contributed by atoms with Crippen LogP contribution in [-0.2, 0) is 6.42 Å². The van der Waals surface area contributed by atoms with Gasteiger partial charge in [-0.3, -0.25) is 9.78 Å². The smallest absolute Gasteiger partial charge is 0.289 e. The first kappa shape index (κ1) is 17.1. The summed E-state index contributed by atoms with van der Waals surface area (Å²) in [5, 5.41) is 19.4. The normalized spacial score (nSPS) is 14.7. The number of carbonyl (C=O) groups is 1. The SMILES string of the molecule is CC(C)NC(=O)c1oc2cnccc2c1Nc1ccc2c(c1)CC/C2=N\O. The fourth-order valence-corrected chi connectivity index (χ4v) is 3.36. The molecule has 138 valence electrons. The molecule has 0 aliphatic heterocycles. The van der Waals surface area contributed by atoms with E-state index in [-0.39, 0.29) is 17.7 Å². The predicted molar refractivity (Wildman–Crippen MR) is 103 cm³/mol. The maximum atomic E-state index is 12.6. The Morgan fingerprint density at radius 3 is 2.93 bits per heavy atom. The maximum Gasteiger partial charge on any atom is 0.289 e. The molecule has 7 nitrogen and oxygen atoms in total. The summed E-state index contributed by atoms with van der Waals surface area (Å²) in [6.07, 6.45) is 4.80. The lowest BCUT2D eigenvalue weighted by atomic mass is 10.1. The molecule has 27 heavy (non-hydrogen) atoms. The zero-order chi connectivity index (χ0) is 19.0. The first-order valence-corrected chi connectivity index (χ1v) is 8.85.